The molecule has 0 aromatic heterocycles. The molecule has 0 aliphatic carbocycles. The summed E-state index contributed by atoms with van der Waals surface area (Å²) in [5.41, 5.74) is 0.604. The molecular formula is C16H15F3N2O. The number of halogens is 3. The van der Waals surface area contributed by atoms with E-state index in [0.29, 0.717) is 5.56 Å². The van der Waals surface area contributed by atoms with Crippen molar-refractivity contribution < 1.29 is 18.0 Å². The molecule has 0 unspecified atom stereocenters. The zero-order chi connectivity index (χ0) is 16.1. The minimum atomic E-state index is -0.943. The standard InChI is InChI=1S/C16H15F3N2O/c1-10(11-6-7-12(17)14(19)8-11)20-9-16(22)21-15-5-3-2-4-13(15)18/h2-8,10,20H,9H2,1H3,(H,21,22)/t10-/m0/s1. The van der Waals surface area contributed by atoms with Crippen LogP contribution in [0.15, 0.2) is 42.5 Å². The van der Waals surface area contributed by atoms with Gasteiger partial charge in [0.25, 0.3) is 0 Å². The number of para-hydroxylation sites is 1. The Morgan fingerprint density at radius 2 is 1.77 bits per heavy atom. The third kappa shape index (κ3) is 4.08. The van der Waals surface area contributed by atoms with E-state index in [1.54, 1.807) is 13.0 Å². The molecule has 0 radical (unpaired) electrons. The predicted octanol–water partition coefficient (Wildman–Crippen LogP) is 3.39. The van der Waals surface area contributed by atoms with Gasteiger partial charge in [0.05, 0.1) is 12.2 Å². The number of anilines is 1. The number of amides is 1. The Labute approximate surface area is 126 Å². The molecule has 0 aliphatic rings. The summed E-state index contributed by atoms with van der Waals surface area (Å²) in [7, 11) is 0. The highest BCUT2D eigenvalue weighted by Crippen LogP contribution is 2.16. The molecule has 1 atom stereocenters. The smallest absolute Gasteiger partial charge is 0.238 e. The van der Waals surface area contributed by atoms with Gasteiger partial charge in [-0.15, -0.1) is 0 Å². The molecule has 116 valence electrons. The predicted molar refractivity (Wildman–Crippen MR) is 77.8 cm³/mol. The van der Waals surface area contributed by atoms with E-state index in [1.165, 1.54) is 24.3 Å². The molecule has 2 rings (SSSR count). The molecular weight excluding hydrogens is 293 g/mol. The highest BCUT2D eigenvalue weighted by Gasteiger charge is 2.11. The van der Waals surface area contributed by atoms with Gasteiger partial charge < -0.3 is 10.6 Å². The summed E-state index contributed by atoms with van der Waals surface area (Å²) in [4.78, 5) is 11.7. The largest absolute Gasteiger partial charge is 0.322 e. The lowest BCUT2D eigenvalue weighted by Gasteiger charge is -2.14. The number of carbonyl (C=O) groups is 1. The van der Waals surface area contributed by atoms with E-state index >= 15 is 0 Å². The van der Waals surface area contributed by atoms with Gasteiger partial charge in [-0.2, -0.15) is 0 Å². The average molecular weight is 308 g/mol. The van der Waals surface area contributed by atoms with Gasteiger partial charge in [0.15, 0.2) is 11.6 Å². The van der Waals surface area contributed by atoms with Crippen LogP contribution in [0.2, 0.25) is 0 Å². The first-order valence-corrected chi connectivity index (χ1v) is 6.70. The van der Waals surface area contributed by atoms with Gasteiger partial charge in [-0.1, -0.05) is 18.2 Å². The molecule has 0 bridgehead atoms. The van der Waals surface area contributed by atoms with E-state index in [1.807, 2.05) is 0 Å². The fourth-order valence-corrected chi connectivity index (χ4v) is 1.90. The molecule has 0 saturated heterocycles. The molecule has 3 nitrogen and oxygen atoms in total. The number of benzene rings is 2. The Balaban J connectivity index is 1.90. The summed E-state index contributed by atoms with van der Waals surface area (Å²) in [5, 5.41) is 5.29. The minimum Gasteiger partial charge on any atom is -0.322 e. The van der Waals surface area contributed by atoms with Gasteiger partial charge in [0.2, 0.25) is 5.91 Å². The quantitative estimate of drug-likeness (QED) is 0.889. The summed E-state index contributed by atoms with van der Waals surface area (Å²) >= 11 is 0. The van der Waals surface area contributed by atoms with Crippen molar-refractivity contribution in [3.8, 4) is 0 Å². The summed E-state index contributed by atoms with van der Waals surface area (Å²) in [6.45, 7) is 1.62. The first-order chi connectivity index (χ1) is 10.5. The average Bonchev–Trinajstić information content (AvgIpc) is 2.50. The first kappa shape index (κ1) is 16.0. The number of carbonyl (C=O) groups excluding carboxylic acids is 1. The fraction of sp³-hybridized carbons (Fsp3) is 0.188. The van der Waals surface area contributed by atoms with Crippen molar-refractivity contribution in [2.75, 3.05) is 11.9 Å². The third-order valence-electron chi connectivity index (χ3n) is 3.16. The Morgan fingerprint density at radius 1 is 1.05 bits per heavy atom. The maximum Gasteiger partial charge on any atom is 0.238 e. The second kappa shape index (κ2) is 7.09. The highest BCUT2D eigenvalue weighted by atomic mass is 19.2. The molecule has 0 spiro atoms. The highest BCUT2D eigenvalue weighted by molar-refractivity contribution is 5.92. The lowest BCUT2D eigenvalue weighted by molar-refractivity contribution is -0.115. The van der Waals surface area contributed by atoms with Crippen LogP contribution in [-0.2, 0) is 4.79 Å². The number of nitrogens with one attached hydrogen (secondary N) is 2. The third-order valence-corrected chi connectivity index (χ3v) is 3.16. The monoisotopic (exact) mass is 308 g/mol. The van der Waals surface area contributed by atoms with E-state index in [4.69, 9.17) is 0 Å². The SMILES string of the molecule is C[C@H](NCC(=O)Nc1ccccc1F)c1ccc(F)c(F)c1. The number of rotatable bonds is 5. The topological polar surface area (TPSA) is 41.1 Å². The van der Waals surface area contributed by atoms with Gasteiger partial charge in [-0.05, 0) is 36.8 Å². The Kier molecular flexibility index (Phi) is 5.16. The van der Waals surface area contributed by atoms with Crippen molar-refractivity contribution in [1.82, 2.24) is 5.32 Å². The van der Waals surface area contributed by atoms with Crippen molar-refractivity contribution in [2.45, 2.75) is 13.0 Å². The van der Waals surface area contributed by atoms with Crippen molar-refractivity contribution in [3.63, 3.8) is 0 Å². The zero-order valence-electron chi connectivity index (χ0n) is 11.9. The maximum atomic E-state index is 13.4. The molecule has 2 aromatic carbocycles. The lowest BCUT2D eigenvalue weighted by atomic mass is 10.1. The van der Waals surface area contributed by atoms with Gasteiger partial charge in [0, 0.05) is 6.04 Å². The summed E-state index contributed by atoms with van der Waals surface area (Å²) < 4.78 is 39.4. The summed E-state index contributed by atoms with van der Waals surface area (Å²) in [6.07, 6.45) is 0. The normalized spacial score (nSPS) is 12.0. The van der Waals surface area contributed by atoms with E-state index in [0.717, 1.165) is 12.1 Å². The van der Waals surface area contributed by atoms with E-state index in [9.17, 15) is 18.0 Å². The van der Waals surface area contributed by atoms with Gasteiger partial charge in [0.1, 0.15) is 5.82 Å². The van der Waals surface area contributed by atoms with Crippen molar-refractivity contribution >= 4 is 11.6 Å². The molecule has 1 amide bonds. The van der Waals surface area contributed by atoms with Crippen LogP contribution in [-0.4, -0.2) is 12.5 Å². The Morgan fingerprint density at radius 3 is 2.45 bits per heavy atom. The molecule has 0 saturated carbocycles. The van der Waals surface area contributed by atoms with Crippen molar-refractivity contribution in [3.05, 3.63) is 65.5 Å². The first-order valence-electron chi connectivity index (χ1n) is 6.70. The van der Waals surface area contributed by atoms with E-state index in [2.05, 4.69) is 10.6 Å². The van der Waals surface area contributed by atoms with Crippen LogP contribution in [0.5, 0.6) is 0 Å². The molecule has 2 aromatic rings. The molecule has 0 heterocycles. The number of hydrogen-bond acceptors (Lipinski definition) is 2. The summed E-state index contributed by atoms with van der Waals surface area (Å²) in [6, 6.07) is 9.00. The van der Waals surface area contributed by atoms with Crippen LogP contribution < -0.4 is 10.6 Å². The Bertz CT molecular complexity index is 676. The Hall–Kier alpha value is -2.34. The van der Waals surface area contributed by atoms with Crippen LogP contribution in [0, 0.1) is 17.5 Å². The molecule has 2 N–H and O–H groups in total. The summed E-state index contributed by atoms with van der Waals surface area (Å²) in [5.74, 6) is -2.82. The van der Waals surface area contributed by atoms with Crippen LogP contribution in [0.1, 0.15) is 18.5 Å². The molecule has 0 fully saturated rings. The van der Waals surface area contributed by atoms with E-state index < -0.39 is 23.4 Å². The van der Waals surface area contributed by atoms with Gasteiger partial charge >= 0.3 is 0 Å². The second-order valence-electron chi connectivity index (χ2n) is 4.80. The lowest BCUT2D eigenvalue weighted by Crippen LogP contribution is -2.30. The zero-order valence-corrected chi connectivity index (χ0v) is 11.9. The van der Waals surface area contributed by atoms with Gasteiger partial charge in [-0.25, -0.2) is 13.2 Å². The van der Waals surface area contributed by atoms with Crippen molar-refractivity contribution in [1.29, 1.82) is 0 Å². The van der Waals surface area contributed by atoms with Crippen LogP contribution in [0.4, 0.5) is 18.9 Å². The maximum absolute atomic E-state index is 13.4. The molecule has 22 heavy (non-hydrogen) atoms. The van der Waals surface area contributed by atoms with Crippen LogP contribution >= 0.6 is 0 Å². The molecule has 6 heteroatoms. The van der Waals surface area contributed by atoms with Gasteiger partial charge in [-0.3, -0.25) is 4.79 Å². The molecule has 0 aliphatic heterocycles. The van der Waals surface area contributed by atoms with Crippen LogP contribution in [0.3, 0.4) is 0 Å². The van der Waals surface area contributed by atoms with Crippen molar-refractivity contribution in [2.24, 2.45) is 0 Å². The fourth-order valence-electron chi connectivity index (χ4n) is 1.90. The second-order valence-corrected chi connectivity index (χ2v) is 4.80. The van der Waals surface area contributed by atoms with Crippen LogP contribution in [0.25, 0.3) is 0 Å². The number of hydrogen-bond donors (Lipinski definition) is 2. The minimum absolute atomic E-state index is 0.0888. The van der Waals surface area contributed by atoms with E-state index in [-0.39, 0.29) is 18.3 Å².